The third-order valence-electron chi connectivity index (χ3n) is 5.95. The summed E-state index contributed by atoms with van der Waals surface area (Å²) in [6.07, 6.45) is 4.05. The maximum atomic E-state index is 12.8. The number of hydroxylamine groups is 2. The molecular weight excluding hydrogens is 378 g/mol. The van der Waals surface area contributed by atoms with E-state index in [1.807, 2.05) is 19.1 Å². The van der Waals surface area contributed by atoms with E-state index < -0.39 is 0 Å². The molecule has 1 fully saturated rings. The first kappa shape index (κ1) is 22.1. The summed E-state index contributed by atoms with van der Waals surface area (Å²) in [6, 6.07) is 8.11. The lowest BCUT2D eigenvalue weighted by Gasteiger charge is -2.22. The number of hydrogen-bond donors (Lipinski definition) is 1. The zero-order chi connectivity index (χ0) is 21.7. The number of hydrogen-bond acceptors (Lipinski definition) is 4. The molecule has 2 N–H and O–H groups in total. The second-order valence-electron chi connectivity index (χ2n) is 7.77. The predicted octanol–water partition coefficient (Wildman–Crippen LogP) is 3.44. The monoisotopic (exact) mass is 411 g/mol. The number of carbonyl (C=O) groups excluding carboxylic acids is 2. The summed E-state index contributed by atoms with van der Waals surface area (Å²) in [4.78, 5) is 32.3. The molecule has 0 aromatic carbocycles. The topological polar surface area (TPSA) is 75.9 Å². The SMILES string of the molecule is CCc1c2ccc(CC(=O)N(CC)OCC(=O)N3CCCC3)ccc-2c(CC)c1N. The highest BCUT2D eigenvalue weighted by molar-refractivity contribution is 5.85. The van der Waals surface area contributed by atoms with Crippen molar-refractivity contribution in [1.29, 1.82) is 0 Å². The van der Waals surface area contributed by atoms with Crippen LogP contribution in [0.3, 0.4) is 0 Å². The average molecular weight is 412 g/mol. The quantitative estimate of drug-likeness (QED) is 0.675. The Morgan fingerprint density at radius 2 is 1.57 bits per heavy atom. The van der Waals surface area contributed by atoms with Crippen molar-refractivity contribution < 1.29 is 14.4 Å². The Bertz CT molecular complexity index is 833. The second kappa shape index (κ2) is 9.94. The van der Waals surface area contributed by atoms with Gasteiger partial charge in [0.15, 0.2) is 6.61 Å². The fourth-order valence-electron chi connectivity index (χ4n) is 4.29. The summed E-state index contributed by atoms with van der Waals surface area (Å²) in [6.45, 7) is 7.95. The van der Waals surface area contributed by atoms with E-state index in [0.29, 0.717) is 6.54 Å². The maximum Gasteiger partial charge on any atom is 0.251 e. The Labute approximate surface area is 179 Å². The van der Waals surface area contributed by atoms with E-state index in [9.17, 15) is 9.59 Å². The van der Waals surface area contributed by atoms with Crippen LogP contribution in [0.15, 0.2) is 24.3 Å². The van der Waals surface area contributed by atoms with Crippen LogP contribution in [0.25, 0.3) is 11.1 Å². The summed E-state index contributed by atoms with van der Waals surface area (Å²) in [5.41, 5.74) is 12.8. The molecule has 0 spiro atoms. The maximum absolute atomic E-state index is 12.8. The molecule has 0 aromatic rings. The molecule has 0 saturated carbocycles. The van der Waals surface area contributed by atoms with E-state index in [-0.39, 0.29) is 24.8 Å². The Morgan fingerprint density at radius 1 is 1.00 bits per heavy atom. The van der Waals surface area contributed by atoms with Crippen molar-refractivity contribution in [2.75, 3.05) is 32.0 Å². The highest BCUT2D eigenvalue weighted by Crippen LogP contribution is 2.39. The molecule has 3 rings (SSSR count). The van der Waals surface area contributed by atoms with E-state index in [2.05, 4.69) is 26.0 Å². The molecule has 0 unspecified atom stereocenters. The first-order chi connectivity index (χ1) is 14.5. The summed E-state index contributed by atoms with van der Waals surface area (Å²) in [5.74, 6) is -0.205. The zero-order valence-electron chi connectivity index (χ0n) is 18.4. The molecule has 6 heteroatoms. The number of carbonyl (C=O) groups is 2. The van der Waals surface area contributed by atoms with Crippen LogP contribution in [0, 0.1) is 0 Å². The van der Waals surface area contributed by atoms with Crippen LogP contribution in [0.5, 0.6) is 0 Å². The van der Waals surface area contributed by atoms with E-state index in [1.54, 1.807) is 4.90 Å². The molecule has 1 heterocycles. The zero-order valence-corrected chi connectivity index (χ0v) is 18.4. The molecule has 1 aliphatic heterocycles. The van der Waals surface area contributed by atoms with Crippen LogP contribution in [0.2, 0.25) is 0 Å². The average Bonchev–Trinajstić information content (AvgIpc) is 3.31. The summed E-state index contributed by atoms with van der Waals surface area (Å²) in [5, 5.41) is 1.30. The molecule has 1 saturated heterocycles. The molecule has 6 nitrogen and oxygen atoms in total. The number of amides is 2. The van der Waals surface area contributed by atoms with Crippen molar-refractivity contribution >= 4 is 17.5 Å². The van der Waals surface area contributed by atoms with Gasteiger partial charge in [-0.15, -0.1) is 0 Å². The van der Waals surface area contributed by atoms with Crippen molar-refractivity contribution in [3.63, 3.8) is 0 Å². The van der Waals surface area contributed by atoms with Crippen LogP contribution in [0.1, 0.15) is 50.3 Å². The van der Waals surface area contributed by atoms with E-state index in [1.165, 1.54) is 16.2 Å². The van der Waals surface area contributed by atoms with Crippen LogP contribution >= 0.6 is 0 Å². The van der Waals surface area contributed by atoms with Gasteiger partial charge >= 0.3 is 0 Å². The largest absolute Gasteiger partial charge is 0.398 e. The molecular formula is C24H33N3O3. The van der Waals surface area contributed by atoms with E-state index in [4.69, 9.17) is 10.6 Å². The number of anilines is 1. The van der Waals surface area contributed by atoms with Crippen LogP contribution in [-0.4, -0.2) is 48.0 Å². The fraction of sp³-hybridized carbons (Fsp3) is 0.500. The highest BCUT2D eigenvalue weighted by Gasteiger charge is 2.22. The smallest absolute Gasteiger partial charge is 0.251 e. The number of rotatable bonds is 8. The minimum Gasteiger partial charge on any atom is -0.398 e. The van der Waals surface area contributed by atoms with Crippen molar-refractivity contribution in [1.82, 2.24) is 9.96 Å². The van der Waals surface area contributed by atoms with E-state index >= 15 is 0 Å². The molecule has 2 amide bonds. The summed E-state index contributed by atoms with van der Waals surface area (Å²) in [7, 11) is 0. The Morgan fingerprint density at radius 3 is 2.07 bits per heavy atom. The van der Waals surface area contributed by atoms with Gasteiger partial charge in [0.2, 0.25) is 0 Å². The minimum atomic E-state index is -0.149. The number of fused-ring (bicyclic) bond motifs is 1. The van der Waals surface area contributed by atoms with Gasteiger partial charge in [-0.25, -0.2) is 5.06 Å². The normalized spacial score (nSPS) is 13.8. The van der Waals surface area contributed by atoms with Gasteiger partial charge in [-0.2, -0.15) is 0 Å². The van der Waals surface area contributed by atoms with Gasteiger partial charge in [0.1, 0.15) is 0 Å². The third-order valence-corrected chi connectivity index (χ3v) is 5.95. The number of likely N-dealkylation sites (N-methyl/N-ethyl adjacent to an activating group) is 1. The van der Waals surface area contributed by atoms with E-state index in [0.717, 1.165) is 61.2 Å². The van der Waals surface area contributed by atoms with Gasteiger partial charge in [0, 0.05) is 25.3 Å². The van der Waals surface area contributed by atoms with Crippen molar-refractivity contribution in [3.8, 4) is 11.1 Å². The standard InChI is InChI=1S/C24H33N3O3/c1-4-18-20-11-9-17(10-12-21(20)19(5-2)24(18)25)15-22(28)27(6-3)30-16-23(29)26-13-7-8-14-26/h9-12H,4-8,13-16,25H2,1-3H3. The third kappa shape index (κ3) is 4.59. The number of nitrogen functional groups attached to an aromatic ring is 1. The molecule has 0 bridgehead atoms. The number of nitrogens with zero attached hydrogens (tertiary/aromatic N) is 2. The summed E-state index contributed by atoms with van der Waals surface area (Å²) >= 11 is 0. The van der Waals surface area contributed by atoms with Gasteiger partial charge in [-0.3, -0.25) is 14.4 Å². The highest BCUT2D eigenvalue weighted by atomic mass is 16.7. The predicted molar refractivity (Wildman–Crippen MR) is 119 cm³/mol. The Balaban J connectivity index is 1.70. The lowest BCUT2D eigenvalue weighted by atomic mass is 10.1. The van der Waals surface area contributed by atoms with Gasteiger partial charge in [-0.1, -0.05) is 38.1 Å². The summed E-state index contributed by atoms with van der Waals surface area (Å²) < 4.78 is 0. The lowest BCUT2D eigenvalue weighted by Crippen LogP contribution is -2.38. The molecule has 162 valence electrons. The van der Waals surface area contributed by atoms with Gasteiger partial charge in [0.25, 0.3) is 11.8 Å². The molecule has 30 heavy (non-hydrogen) atoms. The van der Waals surface area contributed by atoms with Gasteiger partial charge in [0.05, 0.1) is 6.42 Å². The Hall–Kier alpha value is -2.60. The molecule has 0 aromatic heterocycles. The van der Waals surface area contributed by atoms with Gasteiger partial charge in [-0.05, 0) is 60.4 Å². The van der Waals surface area contributed by atoms with Crippen molar-refractivity contribution in [2.45, 2.75) is 52.9 Å². The minimum absolute atomic E-state index is 0.0552. The lowest BCUT2D eigenvalue weighted by molar-refractivity contribution is -0.188. The molecule has 2 aliphatic carbocycles. The van der Waals surface area contributed by atoms with Crippen LogP contribution in [-0.2, 0) is 33.7 Å². The first-order valence-electron chi connectivity index (χ1n) is 11.0. The molecule has 0 atom stereocenters. The number of nitrogens with two attached hydrogens (primary N) is 1. The fourth-order valence-corrected chi connectivity index (χ4v) is 4.29. The first-order valence-corrected chi connectivity index (χ1v) is 11.0. The van der Waals surface area contributed by atoms with Crippen molar-refractivity contribution in [3.05, 3.63) is 41.0 Å². The van der Waals surface area contributed by atoms with Gasteiger partial charge < -0.3 is 10.6 Å². The molecule has 3 aliphatic rings. The number of likely N-dealkylation sites (tertiary alicyclic amines) is 1. The molecule has 0 radical (unpaired) electrons. The van der Waals surface area contributed by atoms with Crippen LogP contribution in [0.4, 0.5) is 5.69 Å². The van der Waals surface area contributed by atoms with Crippen LogP contribution < -0.4 is 5.73 Å². The van der Waals surface area contributed by atoms with Crippen molar-refractivity contribution in [2.24, 2.45) is 0 Å². The second-order valence-corrected chi connectivity index (χ2v) is 7.77. The Kier molecular flexibility index (Phi) is 7.32.